The van der Waals surface area contributed by atoms with Gasteiger partial charge in [-0.3, -0.25) is 4.79 Å². The molecular weight excluding hydrogens is 367 g/mol. The third kappa shape index (κ3) is 4.37. The number of aromatic nitrogens is 2. The number of ether oxygens (including phenoxy) is 1. The van der Waals surface area contributed by atoms with Gasteiger partial charge in [0.2, 0.25) is 0 Å². The topological polar surface area (TPSA) is 55.0 Å². The summed E-state index contributed by atoms with van der Waals surface area (Å²) in [6, 6.07) is 7.09. The third-order valence-electron chi connectivity index (χ3n) is 4.36. The third-order valence-corrected chi connectivity index (χ3v) is 4.60. The van der Waals surface area contributed by atoms with E-state index in [1.165, 1.54) is 6.33 Å². The van der Waals surface area contributed by atoms with Crippen molar-refractivity contribution in [1.82, 2.24) is 9.97 Å². The second-order valence-electron chi connectivity index (χ2n) is 7.59. The number of fused-ring (bicyclic) bond motifs is 1. The zero-order valence-electron chi connectivity index (χ0n) is 15.8. The minimum atomic E-state index is -0.484. The van der Waals surface area contributed by atoms with Crippen molar-refractivity contribution in [2.45, 2.75) is 39.7 Å². The quantitative estimate of drug-likeness (QED) is 0.607. The molecule has 0 saturated carbocycles. The number of benzene rings is 2. The molecule has 3 rings (SSSR count). The van der Waals surface area contributed by atoms with E-state index in [1.807, 2.05) is 39.8 Å². The lowest BCUT2D eigenvalue weighted by Crippen LogP contribution is -2.24. The van der Waals surface area contributed by atoms with Crippen LogP contribution in [0.15, 0.2) is 30.6 Å². The van der Waals surface area contributed by atoms with Crippen molar-refractivity contribution >= 4 is 28.4 Å². The molecule has 6 heteroatoms. The van der Waals surface area contributed by atoms with Gasteiger partial charge >= 0.3 is 0 Å². The van der Waals surface area contributed by atoms with E-state index < -0.39 is 11.4 Å². The van der Waals surface area contributed by atoms with Gasteiger partial charge in [0, 0.05) is 22.6 Å². The summed E-state index contributed by atoms with van der Waals surface area (Å²) in [5.41, 5.74) is 2.73. The standard InChI is InChI=1S/C21H22ClFN2O2/c1-12-7-14(22)6-5-13(12)8-16-15(18(26)10-27-21(2,3)4)9-17-20(19(16)23)25-11-24-17/h5-7,9,11H,8,10H2,1-4H3,(H,24,25). The summed E-state index contributed by atoms with van der Waals surface area (Å²) >= 11 is 6.02. The molecule has 0 radical (unpaired) electrons. The first kappa shape index (κ1) is 19.5. The van der Waals surface area contributed by atoms with E-state index in [2.05, 4.69) is 9.97 Å². The average Bonchev–Trinajstić information content (AvgIpc) is 3.05. The average molecular weight is 389 g/mol. The molecule has 0 atom stereocenters. The number of hydrogen-bond donors (Lipinski definition) is 1. The van der Waals surface area contributed by atoms with Crippen molar-refractivity contribution in [1.29, 1.82) is 0 Å². The van der Waals surface area contributed by atoms with Crippen LogP contribution in [0.2, 0.25) is 5.02 Å². The molecule has 3 aromatic rings. The van der Waals surface area contributed by atoms with Gasteiger partial charge in [-0.1, -0.05) is 17.7 Å². The monoisotopic (exact) mass is 388 g/mol. The Balaban J connectivity index is 2.06. The number of nitrogens with zero attached hydrogens (tertiary/aromatic N) is 1. The molecule has 0 spiro atoms. The number of halogens is 2. The van der Waals surface area contributed by atoms with Gasteiger partial charge in [-0.15, -0.1) is 0 Å². The van der Waals surface area contributed by atoms with Crippen LogP contribution in [0.5, 0.6) is 0 Å². The van der Waals surface area contributed by atoms with Crippen molar-refractivity contribution < 1.29 is 13.9 Å². The molecule has 2 aromatic carbocycles. The van der Waals surface area contributed by atoms with E-state index in [4.69, 9.17) is 16.3 Å². The first-order chi connectivity index (χ1) is 12.7. The number of hydrogen-bond acceptors (Lipinski definition) is 3. The molecule has 0 fully saturated rings. The van der Waals surface area contributed by atoms with E-state index in [0.717, 1.165) is 11.1 Å². The number of carbonyl (C=O) groups is 1. The second-order valence-corrected chi connectivity index (χ2v) is 8.02. The van der Waals surface area contributed by atoms with E-state index in [0.29, 0.717) is 21.7 Å². The number of H-pyrrole nitrogens is 1. The van der Waals surface area contributed by atoms with Crippen LogP contribution in [0.4, 0.5) is 4.39 Å². The molecule has 1 heterocycles. The van der Waals surface area contributed by atoms with Crippen LogP contribution in [0, 0.1) is 12.7 Å². The van der Waals surface area contributed by atoms with Crippen molar-refractivity contribution in [3.05, 3.63) is 63.7 Å². The van der Waals surface area contributed by atoms with Crippen LogP contribution < -0.4 is 0 Å². The highest BCUT2D eigenvalue weighted by Crippen LogP contribution is 2.27. The highest BCUT2D eigenvalue weighted by atomic mass is 35.5. The Morgan fingerprint density at radius 2 is 2.04 bits per heavy atom. The Bertz CT molecular complexity index is 1010. The minimum absolute atomic E-state index is 0.116. The van der Waals surface area contributed by atoms with Gasteiger partial charge in [-0.05, 0) is 57.0 Å². The van der Waals surface area contributed by atoms with Gasteiger partial charge in [0.25, 0.3) is 0 Å². The highest BCUT2D eigenvalue weighted by molar-refractivity contribution is 6.30. The molecule has 0 aliphatic carbocycles. The Hall–Kier alpha value is -2.24. The normalized spacial score (nSPS) is 11.9. The number of nitrogens with one attached hydrogen (secondary N) is 1. The molecule has 0 aliphatic rings. The van der Waals surface area contributed by atoms with Crippen LogP contribution in [0.3, 0.4) is 0 Å². The number of rotatable bonds is 5. The summed E-state index contributed by atoms with van der Waals surface area (Å²) in [5.74, 6) is -0.746. The fraction of sp³-hybridized carbons (Fsp3) is 0.333. The lowest BCUT2D eigenvalue weighted by atomic mass is 9.94. The fourth-order valence-electron chi connectivity index (χ4n) is 2.91. The molecule has 0 bridgehead atoms. The van der Waals surface area contributed by atoms with Crippen molar-refractivity contribution in [3.63, 3.8) is 0 Å². The smallest absolute Gasteiger partial charge is 0.188 e. The largest absolute Gasteiger partial charge is 0.368 e. The number of aromatic amines is 1. The highest BCUT2D eigenvalue weighted by Gasteiger charge is 2.22. The molecule has 1 aromatic heterocycles. The summed E-state index contributed by atoms with van der Waals surface area (Å²) < 4.78 is 20.8. The Kier molecular flexibility index (Phi) is 5.36. The molecule has 27 heavy (non-hydrogen) atoms. The molecule has 0 unspecified atom stereocenters. The van der Waals surface area contributed by atoms with Crippen LogP contribution in [0.1, 0.15) is 47.8 Å². The molecule has 4 nitrogen and oxygen atoms in total. The van der Waals surface area contributed by atoms with Gasteiger partial charge < -0.3 is 9.72 Å². The number of ketones is 1. The summed E-state index contributed by atoms with van der Waals surface area (Å²) in [6.45, 7) is 7.41. The van der Waals surface area contributed by atoms with Crippen molar-refractivity contribution in [2.24, 2.45) is 0 Å². The predicted molar refractivity (Wildman–Crippen MR) is 105 cm³/mol. The van der Waals surface area contributed by atoms with Crippen LogP contribution in [0.25, 0.3) is 11.0 Å². The maximum absolute atomic E-state index is 15.2. The lowest BCUT2D eigenvalue weighted by Gasteiger charge is -2.19. The SMILES string of the molecule is Cc1cc(Cl)ccc1Cc1c(C(=O)COC(C)(C)C)cc2[nH]cnc2c1F. The van der Waals surface area contributed by atoms with Gasteiger partial charge in [0.1, 0.15) is 12.1 Å². The molecule has 0 saturated heterocycles. The summed E-state index contributed by atoms with van der Waals surface area (Å²) in [5, 5.41) is 0.620. The lowest BCUT2D eigenvalue weighted by molar-refractivity contribution is 0.00302. The maximum Gasteiger partial charge on any atom is 0.188 e. The fourth-order valence-corrected chi connectivity index (χ4v) is 3.14. The van der Waals surface area contributed by atoms with E-state index in [9.17, 15) is 4.79 Å². The summed E-state index contributed by atoms with van der Waals surface area (Å²) in [7, 11) is 0. The van der Waals surface area contributed by atoms with E-state index >= 15 is 4.39 Å². The molecular formula is C21H22ClFN2O2. The van der Waals surface area contributed by atoms with Gasteiger partial charge in [-0.25, -0.2) is 9.37 Å². The van der Waals surface area contributed by atoms with E-state index in [1.54, 1.807) is 12.1 Å². The van der Waals surface area contributed by atoms with Gasteiger partial charge in [-0.2, -0.15) is 0 Å². The van der Waals surface area contributed by atoms with Gasteiger partial charge in [0.15, 0.2) is 11.6 Å². The Morgan fingerprint density at radius 1 is 1.30 bits per heavy atom. The number of aryl methyl sites for hydroxylation is 1. The number of carbonyl (C=O) groups excluding carboxylic acids is 1. The zero-order valence-corrected chi connectivity index (χ0v) is 16.6. The minimum Gasteiger partial charge on any atom is -0.368 e. The Labute approximate surface area is 162 Å². The van der Waals surface area contributed by atoms with Crippen molar-refractivity contribution in [2.75, 3.05) is 6.61 Å². The Morgan fingerprint density at radius 3 is 2.70 bits per heavy atom. The first-order valence-electron chi connectivity index (χ1n) is 8.72. The van der Waals surface area contributed by atoms with Crippen LogP contribution in [-0.2, 0) is 11.2 Å². The maximum atomic E-state index is 15.2. The van der Waals surface area contributed by atoms with E-state index in [-0.39, 0.29) is 24.3 Å². The molecule has 1 N–H and O–H groups in total. The zero-order chi connectivity index (χ0) is 19.8. The van der Waals surface area contributed by atoms with Gasteiger partial charge in [0.05, 0.1) is 17.4 Å². The summed E-state index contributed by atoms with van der Waals surface area (Å²) in [6.07, 6.45) is 1.69. The first-order valence-corrected chi connectivity index (χ1v) is 9.10. The number of Topliss-reactive ketones (excluding diaryl/α,β-unsaturated/α-hetero) is 1. The summed E-state index contributed by atoms with van der Waals surface area (Å²) in [4.78, 5) is 19.7. The molecule has 142 valence electrons. The molecule has 0 aliphatic heterocycles. The predicted octanol–water partition coefficient (Wildman–Crippen LogP) is 5.25. The van der Waals surface area contributed by atoms with Crippen molar-refractivity contribution in [3.8, 4) is 0 Å². The van der Waals surface area contributed by atoms with Crippen LogP contribution >= 0.6 is 11.6 Å². The van der Waals surface area contributed by atoms with Crippen LogP contribution in [-0.4, -0.2) is 28.0 Å². The second kappa shape index (κ2) is 7.41. The molecule has 0 amide bonds. The number of imidazole rings is 1.